The van der Waals surface area contributed by atoms with Crippen LogP contribution >= 0.6 is 0 Å². The van der Waals surface area contributed by atoms with E-state index in [1.165, 1.54) is 7.11 Å². The summed E-state index contributed by atoms with van der Waals surface area (Å²) in [4.78, 5) is 10.9. The van der Waals surface area contributed by atoms with Crippen molar-refractivity contribution in [2.75, 3.05) is 7.11 Å². The molecular formula is C9H13NO3. The third-order valence-corrected chi connectivity index (χ3v) is 1.74. The molecule has 1 aromatic heterocycles. The summed E-state index contributed by atoms with van der Waals surface area (Å²) < 4.78 is 9.75. The monoisotopic (exact) mass is 183 g/mol. The molecule has 0 amide bonds. The minimum atomic E-state index is -0.416. The van der Waals surface area contributed by atoms with Crippen molar-refractivity contribution in [1.29, 1.82) is 0 Å². The predicted octanol–water partition coefficient (Wildman–Crippen LogP) is 1.15. The number of esters is 1. The molecular weight excluding hydrogens is 170 g/mol. The zero-order chi connectivity index (χ0) is 9.84. The highest BCUT2D eigenvalue weighted by Crippen LogP contribution is 2.16. The van der Waals surface area contributed by atoms with Gasteiger partial charge in [0, 0.05) is 0 Å². The van der Waals surface area contributed by atoms with Crippen LogP contribution in [0.5, 0.6) is 0 Å². The fourth-order valence-electron chi connectivity index (χ4n) is 1.02. The average molecular weight is 183 g/mol. The van der Waals surface area contributed by atoms with Gasteiger partial charge in [-0.25, -0.2) is 0 Å². The first-order valence-electron chi connectivity index (χ1n) is 4.02. The van der Waals surface area contributed by atoms with Crippen LogP contribution in [0, 0.1) is 6.92 Å². The maximum atomic E-state index is 10.9. The van der Waals surface area contributed by atoms with Crippen molar-refractivity contribution >= 4 is 5.97 Å². The predicted molar refractivity (Wildman–Crippen MR) is 47.0 cm³/mol. The van der Waals surface area contributed by atoms with E-state index in [0.717, 1.165) is 5.76 Å². The van der Waals surface area contributed by atoms with Crippen LogP contribution in [0.1, 0.15) is 24.0 Å². The van der Waals surface area contributed by atoms with Gasteiger partial charge in [-0.2, -0.15) is 0 Å². The molecule has 1 atom stereocenters. The second kappa shape index (κ2) is 4.09. The minimum Gasteiger partial charge on any atom is -0.469 e. The second-order valence-corrected chi connectivity index (χ2v) is 2.84. The van der Waals surface area contributed by atoms with Crippen molar-refractivity contribution in [3.8, 4) is 0 Å². The number of aryl methyl sites for hydroxylation is 1. The lowest BCUT2D eigenvalue weighted by Crippen LogP contribution is -2.15. The Kier molecular flexibility index (Phi) is 3.08. The Morgan fingerprint density at radius 2 is 2.38 bits per heavy atom. The van der Waals surface area contributed by atoms with E-state index < -0.39 is 6.04 Å². The Balaban J connectivity index is 2.58. The molecule has 1 heterocycles. The second-order valence-electron chi connectivity index (χ2n) is 2.84. The normalized spacial score (nSPS) is 12.5. The summed E-state index contributed by atoms with van der Waals surface area (Å²) in [6.07, 6.45) is 0.142. The molecule has 0 fully saturated rings. The maximum absolute atomic E-state index is 10.9. The van der Waals surface area contributed by atoms with Crippen molar-refractivity contribution in [3.63, 3.8) is 0 Å². The zero-order valence-corrected chi connectivity index (χ0v) is 7.74. The smallest absolute Gasteiger partial charge is 0.307 e. The summed E-state index contributed by atoms with van der Waals surface area (Å²) in [6, 6.07) is 3.16. The molecule has 0 aliphatic heterocycles. The summed E-state index contributed by atoms with van der Waals surface area (Å²) in [5.74, 6) is 1.07. The van der Waals surface area contributed by atoms with Crippen LogP contribution in [0.25, 0.3) is 0 Å². The molecule has 0 radical (unpaired) electrons. The number of nitrogens with two attached hydrogens (primary N) is 1. The molecule has 13 heavy (non-hydrogen) atoms. The summed E-state index contributed by atoms with van der Waals surface area (Å²) in [6.45, 7) is 1.83. The minimum absolute atomic E-state index is 0.142. The Morgan fingerprint density at radius 3 is 2.85 bits per heavy atom. The van der Waals surface area contributed by atoms with Crippen LogP contribution in [0.15, 0.2) is 16.5 Å². The number of hydrogen-bond donors (Lipinski definition) is 1. The first-order valence-corrected chi connectivity index (χ1v) is 4.02. The maximum Gasteiger partial charge on any atom is 0.307 e. The molecule has 0 saturated carbocycles. The molecule has 2 N–H and O–H groups in total. The van der Waals surface area contributed by atoms with E-state index in [-0.39, 0.29) is 12.4 Å². The highest BCUT2D eigenvalue weighted by Gasteiger charge is 2.14. The van der Waals surface area contributed by atoms with Crippen molar-refractivity contribution in [3.05, 3.63) is 23.7 Å². The molecule has 0 bridgehead atoms. The third-order valence-electron chi connectivity index (χ3n) is 1.74. The van der Waals surface area contributed by atoms with Gasteiger partial charge in [0.25, 0.3) is 0 Å². The first kappa shape index (κ1) is 9.80. The van der Waals surface area contributed by atoms with Crippen LogP contribution in [-0.4, -0.2) is 13.1 Å². The molecule has 0 aliphatic carbocycles. The van der Waals surface area contributed by atoms with Crippen LogP contribution in [0.4, 0.5) is 0 Å². The molecule has 0 aliphatic rings. The van der Waals surface area contributed by atoms with Gasteiger partial charge in [0.15, 0.2) is 0 Å². The van der Waals surface area contributed by atoms with Crippen LogP contribution < -0.4 is 5.73 Å². The number of ether oxygens (including phenoxy) is 1. The van der Waals surface area contributed by atoms with Crippen molar-refractivity contribution in [2.24, 2.45) is 5.73 Å². The van der Waals surface area contributed by atoms with Crippen LogP contribution in [0.3, 0.4) is 0 Å². The topological polar surface area (TPSA) is 65.5 Å². The van der Waals surface area contributed by atoms with Gasteiger partial charge in [0.2, 0.25) is 0 Å². The quantitative estimate of drug-likeness (QED) is 0.714. The Labute approximate surface area is 76.7 Å². The molecule has 1 unspecified atom stereocenters. The van der Waals surface area contributed by atoms with Gasteiger partial charge in [-0.05, 0) is 19.1 Å². The van der Waals surface area contributed by atoms with E-state index in [2.05, 4.69) is 4.74 Å². The average Bonchev–Trinajstić information content (AvgIpc) is 2.51. The SMILES string of the molecule is COC(=O)CC(N)c1ccc(C)o1. The number of hydrogen-bond acceptors (Lipinski definition) is 4. The largest absolute Gasteiger partial charge is 0.469 e. The van der Waals surface area contributed by atoms with Gasteiger partial charge in [0.1, 0.15) is 11.5 Å². The van der Waals surface area contributed by atoms with Crippen LogP contribution in [0.2, 0.25) is 0 Å². The first-order chi connectivity index (χ1) is 6.13. The van der Waals surface area contributed by atoms with Crippen LogP contribution in [-0.2, 0) is 9.53 Å². The van der Waals surface area contributed by atoms with E-state index in [4.69, 9.17) is 10.2 Å². The van der Waals surface area contributed by atoms with E-state index >= 15 is 0 Å². The number of rotatable bonds is 3. The fraction of sp³-hybridized carbons (Fsp3) is 0.444. The third kappa shape index (κ3) is 2.59. The number of furan rings is 1. The summed E-state index contributed by atoms with van der Waals surface area (Å²) in [5.41, 5.74) is 5.69. The van der Waals surface area contributed by atoms with Crippen molar-refractivity contribution < 1.29 is 13.9 Å². The fourth-order valence-corrected chi connectivity index (χ4v) is 1.02. The molecule has 0 aromatic carbocycles. The molecule has 0 spiro atoms. The highest BCUT2D eigenvalue weighted by atomic mass is 16.5. The number of carbonyl (C=O) groups is 1. The Bertz CT molecular complexity index is 293. The zero-order valence-electron chi connectivity index (χ0n) is 7.74. The number of carbonyl (C=O) groups excluding carboxylic acids is 1. The van der Waals surface area contributed by atoms with Gasteiger partial charge >= 0.3 is 5.97 Å². The highest BCUT2D eigenvalue weighted by molar-refractivity contribution is 5.70. The summed E-state index contributed by atoms with van der Waals surface area (Å²) >= 11 is 0. The Hall–Kier alpha value is -1.29. The Morgan fingerprint density at radius 1 is 1.69 bits per heavy atom. The van der Waals surface area contributed by atoms with Crippen molar-refractivity contribution in [1.82, 2.24) is 0 Å². The molecule has 1 aromatic rings. The van der Waals surface area contributed by atoms with Crippen molar-refractivity contribution in [2.45, 2.75) is 19.4 Å². The van der Waals surface area contributed by atoms with Gasteiger partial charge in [-0.3, -0.25) is 4.79 Å². The van der Waals surface area contributed by atoms with E-state index in [0.29, 0.717) is 5.76 Å². The molecule has 1 rings (SSSR count). The summed E-state index contributed by atoms with van der Waals surface area (Å²) in [7, 11) is 1.34. The lowest BCUT2D eigenvalue weighted by Gasteiger charge is -2.06. The van der Waals surface area contributed by atoms with Gasteiger partial charge in [0.05, 0.1) is 19.6 Å². The van der Waals surface area contributed by atoms with Gasteiger partial charge in [-0.1, -0.05) is 0 Å². The lowest BCUT2D eigenvalue weighted by molar-refractivity contribution is -0.141. The van der Waals surface area contributed by atoms with E-state index in [9.17, 15) is 4.79 Å². The number of methoxy groups -OCH3 is 1. The van der Waals surface area contributed by atoms with E-state index in [1.807, 2.05) is 13.0 Å². The molecule has 4 nitrogen and oxygen atoms in total. The standard InChI is InChI=1S/C9H13NO3/c1-6-3-4-8(13-6)7(10)5-9(11)12-2/h3-4,7H,5,10H2,1-2H3. The summed E-state index contributed by atoms with van der Waals surface area (Å²) in [5, 5.41) is 0. The molecule has 72 valence electrons. The molecule has 0 saturated heterocycles. The van der Waals surface area contributed by atoms with E-state index in [1.54, 1.807) is 6.07 Å². The van der Waals surface area contributed by atoms with Gasteiger partial charge in [-0.15, -0.1) is 0 Å². The van der Waals surface area contributed by atoms with Gasteiger partial charge < -0.3 is 14.9 Å². The lowest BCUT2D eigenvalue weighted by atomic mass is 10.2. The molecule has 4 heteroatoms.